The Hall–Kier alpha value is -1.13. The maximum absolute atomic E-state index is 9.77. The lowest BCUT2D eigenvalue weighted by Gasteiger charge is -2.49. The van der Waals surface area contributed by atoms with Crippen molar-refractivity contribution >= 4 is 5.82 Å². The Morgan fingerprint density at radius 2 is 2.17 bits per heavy atom. The van der Waals surface area contributed by atoms with Crippen molar-refractivity contribution in [2.75, 3.05) is 31.1 Å². The smallest absolute Gasteiger partial charge is 0.128 e. The number of aliphatic hydroxyl groups excluding tert-OH is 1. The van der Waals surface area contributed by atoms with Gasteiger partial charge in [0.15, 0.2) is 0 Å². The lowest BCUT2D eigenvalue weighted by molar-refractivity contribution is 0.0743. The third-order valence-corrected chi connectivity index (χ3v) is 4.27. The summed E-state index contributed by atoms with van der Waals surface area (Å²) in [6.07, 6.45) is 5.62. The van der Waals surface area contributed by atoms with E-state index in [1.54, 1.807) is 0 Å². The molecule has 0 radical (unpaired) electrons. The van der Waals surface area contributed by atoms with E-state index >= 15 is 0 Å². The number of hydrogen-bond acceptors (Lipinski definition) is 4. The molecule has 2 aliphatic heterocycles. The summed E-state index contributed by atoms with van der Waals surface area (Å²) in [5.74, 6) is 1.00. The van der Waals surface area contributed by atoms with Crippen LogP contribution in [-0.4, -0.2) is 53.3 Å². The van der Waals surface area contributed by atoms with E-state index in [-0.39, 0.29) is 12.6 Å². The molecule has 0 amide bonds. The van der Waals surface area contributed by atoms with Gasteiger partial charge in [0.05, 0.1) is 12.6 Å². The van der Waals surface area contributed by atoms with Crippen molar-refractivity contribution in [1.82, 2.24) is 9.88 Å². The van der Waals surface area contributed by atoms with Gasteiger partial charge < -0.3 is 10.0 Å². The molecule has 0 bridgehead atoms. The number of piperazine rings is 1. The summed E-state index contributed by atoms with van der Waals surface area (Å²) in [7, 11) is 0. The average Bonchev–Trinajstić information content (AvgIpc) is 2.47. The van der Waals surface area contributed by atoms with E-state index in [1.165, 1.54) is 25.8 Å². The second kappa shape index (κ2) is 5.24. The molecule has 3 heterocycles. The highest BCUT2D eigenvalue weighted by atomic mass is 16.3. The second-order valence-electron chi connectivity index (χ2n) is 5.23. The van der Waals surface area contributed by atoms with Crippen molar-refractivity contribution in [3.63, 3.8) is 0 Å². The second-order valence-corrected chi connectivity index (χ2v) is 5.23. The van der Waals surface area contributed by atoms with E-state index in [2.05, 4.69) is 14.8 Å². The first-order valence-electron chi connectivity index (χ1n) is 6.93. The van der Waals surface area contributed by atoms with Crippen LogP contribution in [0.4, 0.5) is 5.82 Å². The summed E-state index contributed by atoms with van der Waals surface area (Å²) < 4.78 is 0. The first-order chi connectivity index (χ1) is 8.90. The summed E-state index contributed by atoms with van der Waals surface area (Å²) in [6, 6.07) is 6.70. The van der Waals surface area contributed by atoms with Crippen LogP contribution in [0.1, 0.15) is 19.3 Å². The van der Waals surface area contributed by atoms with Gasteiger partial charge in [-0.1, -0.05) is 12.5 Å². The Kier molecular flexibility index (Phi) is 3.48. The molecule has 0 aliphatic carbocycles. The zero-order valence-electron chi connectivity index (χ0n) is 10.7. The van der Waals surface area contributed by atoms with Gasteiger partial charge in [0.1, 0.15) is 5.82 Å². The van der Waals surface area contributed by atoms with Crippen LogP contribution < -0.4 is 4.90 Å². The third-order valence-electron chi connectivity index (χ3n) is 4.27. The van der Waals surface area contributed by atoms with Gasteiger partial charge in [0.2, 0.25) is 0 Å². The first kappa shape index (κ1) is 11.9. The van der Waals surface area contributed by atoms with Crippen LogP contribution in [0.5, 0.6) is 0 Å². The lowest BCUT2D eigenvalue weighted by Crippen LogP contribution is -2.62. The van der Waals surface area contributed by atoms with Gasteiger partial charge in [-0.05, 0) is 31.5 Å². The molecule has 98 valence electrons. The topological polar surface area (TPSA) is 39.6 Å². The Labute approximate surface area is 108 Å². The van der Waals surface area contributed by atoms with E-state index in [0.29, 0.717) is 6.04 Å². The minimum atomic E-state index is 0.203. The Balaban J connectivity index is 1.83. The fourth-order valence-corrected chi connectivity index (χ4v) is 3.37. The fourth-order valence-electron chi connectivity index (χ4n) is 3.37. The minimum Gasteiger partial charge on any atom is -0.394 e. The molecular weight excluding hydrogens is 226 g/mol. The van der Waals surface area contributed by atoms with Crippen LogP contribution in [0.15, 0.2) is 24.4 Å². The molecule has 1 N–H and O–H groups in total. The minimum absolute atomic E-state index is 0.203. The van der Waals surface area contributed by atoms with Crippen LogP contribution in [0.3, 0.4) is 0 Å². The van der Waals surface area contributed by atoms with Gasteiger partial charge in [-0.3, -0.25) is 4.90 Å². The number of piperidine rings is 1. The van der Waals surface area contributed by atoms with Gasteiger partial charge in [0.25, 0.3) is 0 Å². The Morgan fingerprint density at radius 3 is 2.94 bits per heavy atom. The molecule has 1 aromatic heterocycles. The summed E-state index contributed by atoms with van der Waals surface area (Å²) in [4.78, 5) is 9.26. The van der Waals surface area contributed by atoms with Gasteiger partial charge in [-0.15, -0.1) is 0 Å². The standard InChI is InChI=1S/C14H21N3O/c18-11-13-12-5-2-4-8-16(12)9-10-17(13)14-6-1-3-7-15-14/h1,3,6-7,12-13,18H,2,4-5,8-11H2. The highest BCUT2D eigenvalue weighted by Gasteiger charge is 2.37. The van der Waals surface area contributed by atoms with Crippen molar-refractivity contribution in [2.24, 2.45) is 0 Å². The highest BCUT2D eigenvalue weighted by molar-refractivity contribution is 5.40. The maximum atomic E-state index is 9.77. The molecule has 2 aliphatic rings. The summed E-state index contributed by atoms with van der Waals surface area (Å²) in [5.41, 5.74) is 0. The fraction of sp³-hybridized carbons (Fsp3) is 0.643. The van der Waals surface area contributed by atoms with Crippen LogP contribution >= 0.6 is 0 Å². The number of nitrogens with zero attached hydrogens (tertiary/aromatic N) is 3. The molecule has 0 spiro atoms. The number of rotatable bonds is 2. The molecule has 2 saturated heterocycles. The first-order valence-corrected chi connectivity index (χ1v) is 6.93. The van der Waals surface area contributed by atoms with E-state index in [0.717, 1.165) is 18.9 Å². The maximum Gasteiger partial charge on any atom is 0.128 e. The van der Waals surface area contributed by atoms with Gasteiger partial charge >= 0.3 is 0 Å². The predicted molar refractivity (Wildman–Crippen MR) is 71.7 cm³/mol. The number of fused-ring (bicyclic) bond motifs is 1. The summed E-state index contributed by atoms with van der Waals surface area (Å²) >= 11 is 0. The number of anilines is 1. The number of pyridine rings is 1. The van der Waals surface area contributed by atoms with E-state index in [9.17, 15) is 5.11 Å². The zero-order chi connectivity index (χ0) is 12.4. The Bertz CT molecular complexity index is 384. The van der Waals surface area contributed by atoms with Crippen LogP contribution in [0.25, 0.3) is 0 Å². The molecule has 2 unspecified atom stereocenters. The van der Waals surface area contributed by atoms with Gasteiger partial charge in [-0.2, -0.15) is 0 Å². The predicted octanol–water partition coefficient (Wildman–Crippen LogP) is 1.12. The molecular formula is C14H21N3O. The summed E-state index contributed by atoms with van der Waals surface area (Å²) in [6.45, 7) is 3.48. The third kappa shape index (κ3) is 2.10. The Morgan fingerprint density at radius 1 is 1.22 bits per heavy atom. The van der Waals surface area contributed by atoms with Crippen molar-refractivity contribution < 1.29 is 5.11 Å². The van der Waals surface area contributed by atoms with Crippen molar-refractivity contribution in [2.45, 2.75) is 31.3 Å². The zero-order valence-corrected chi connectivity index (χ0v) is 10.7. The summed E-state index contributed by atoms with van der Waals surface area (Å²) in [5, 5.41) is 9.77. The number of aliphatic hydroxyl groups is 1. The molecule has 4 nitrogen and oxygen atoms in total. The quantitative estimate of drug-likeness (QED) is 0.850. The number of hydrogen-bond donors (Lipinski definition) is 1. The normalized spacial score (nSPS) is 29.1. The molecule has 2 atom stereocenters. The van der Waals surface area contributed by atoms with E-state index in [1.807, 2.05) is 24.4 Å². The van der Waals surface area contributed by atoms with Crippen molar-refractivity contribution in [1.29, 1.82) is 0 Å². The van der Waals surface area contributed by atoms with Crippen molar-refractivity contribution in [3.8, 4) is 0 Å². The molecule has 18 heavy (non-hydrogen) atoms. The largest absolute Gasteiger partial charge is 0.394 e. The molecule has 0 saturated carbocycles. The van der Waals surface area contributed by atoms with E-state index in [4.69, 9.17) is 0 Å². The van der Waals surface area contributed by atoms with Crippen LogP contribution in [-0.2, 0) is 0 Å². The lowest BCUT2D eigenvalue weighted by atomic mass is 9.92. The van der Waals surface area contributed by atoms with Gasteiger partial charge in [-0.25, -0.2) is 4.98 Å². The molecule has 4 heteroatoms. The number of aromatic nitrogens is 1. The van der Waals surface area contributed by atoms with Gasteiger partial charge in [0, 0.05) is 25.3 Å². The molecule has 0 aromatic carbocycles. The van der Waals surface area contributed by atoms with Crippen molar-refractivity contribution in [3.05, 3.63) is 24.4 Å². The highest BCUT2D eigenvalue weighted by Crippen LogP contribution is 2.28. The SMILES string of the molecule is OCC1C2CCCCN2CCN1c1ccccn1. The molecule has 2 fully saturated rings. The van der Waals surface area contributed by atoms with E-state index < -0.39 is 0 Å². The molecule has 3 rings (SSSR count). The monoisotopic (exact) mass is 247 g/mol. The molecule has 1 aromatic rings. The van der Waals surface area contributed by atoms with Crippen LogP contribution in [0.2, 0.25) is 0 Å². The average molecular weight is 247 g/mol. The van der Waals surface area contributed by atoms with Crippen LogP contribution in [0, 0.1) is 0 Å².